The highest BCUT2D eigenvalue weighted by atomic mass is 16.5. The number of carbonyl (C=O) groups is 2. The first-order valence-corrected chi connectivity index (χ1v) is 11.5. The van der Waals surface area contributed by atoms with Crippen molar-refractivity contribution >= 4 is 17.4 Å². The van der Waals surface area contributed by atoms with Crippen molar-refractivity contribution in [3.63, 3.8) is 0 Å². The normalized spacial score (nSPS) is 17.3. The van der Waals surface area contributed by atoms with E-state index in [0.29, 0.717) is 37.5 Å². The molecule has 7 heteroatoms. The van der Waals surface area contributed by atoms with Crippen LogP contribution >= 0.6 is 0 Å². The summed E-state index contributed by atoms with van der Waals surface area (Å²) in [5.74, 6) is 0.215. The third kappa shape index (κ3) is 4.94. The number of benzene rings is 2. The van der Waals surface area contributed by atoms with Crippen molar-refractivity contribution in [1.82, 2.24) is 14.7 Å². The van der Waals surface area contributed by atoms with E-state index >= 15 is 0 Å². The monoisotopic (exact) mass is 449 g/mol. The van der Waals surface area contributed by atoms with Crippen molar-refractivity contribution in [3.8, 4) is 5.75 Å². The summed E-state index contributed by atoms with van der Waals surface area (Å²) in [7, 11) is 0. The number of hydrogen-bond donors (Lipinski definition) is 1. The lowest BCUT2D eigenvalue weighted by atomic mass is 10.0. The van der Waals surface area contributed by atoms with Gasteiger partial charge < -0.3 is 14.7 Å². The fourth-order valence-corrected chi connectivity index (χ4v) is 4.36. The molecule has 1 N–H and O–H groups in total. The Kier molecular flexibility index (Phi) is 7.11. The van der Waals surface area contributed by atoms with Crippen molar-refractivity contribution in [2.24, 2.45) is 0 Å². The van der Waals surface area contributed by atoms with Crippen LogP contribution in [0, 0.1) is 6.92 Å². The first-order chi connectivity index (χ1) is 16.0. The lowest BCUT2D eigenvalue weighted by Crippen LogP contribution is -2.48. The number of carbonyl (C=O) groups excluding carboxylic acids is 2. The molecule has 2 amide bonds. The maximum Gasteiger partial charge on any atom is 0.278 e. The molecule has 0 radical (unpaired) electrons. The molecule has 2 aromatic rings. The zero-order valence-electron chi connectivity index (χ0n) is 19.3. The Labute approximate surface area is 194 Å². The molecule has 2 aromatic carbocycles. The molecule has 0 saturated carbocycles. The highest BCUT2D eigenvalue weighted by molar-refractivity contribution is 6.35. The van der Waals surface area contributed by atoms with Crippen LogP contribution in [0.4, 0.5) is 0 Å². The van der Waals surface area contributed by atoms with E-state index in [9.17, 15) is 14.7 Å². The second kappa shape index (κ2) is 10.2. The summed E-state index contributed by atoms with van der Waals surface area (Å²) < 4.78 is 5.54. The van der Waals surface area contributed by atoms with E-state index in [4.69, 9.17) is 4.74 Å². The molecule has 2 aliphatic rings. The minimum atomic E-state index is -0.266. The minimum Gasteiger partial charge on any atom is -0.494 e. The van der Waals surface area contributed by atoms with E-state index in [1.807, 2.05) is 67.3 Å². The van der Waals surface area contributed by atoms with Gasteiger partial charge in [0.25, 0.3) is 11.8 Å². The van der Waals surface area contributed by atoms with Crippen molar-refractivity contribution in [2.45, 2.75) is 20.4 Å². The lowest BCUT2D eigenvalue weighted by molar-refractivity contribution is -0.138. The summed E-state index contributed by atoms with van der Waals surface area (Å²) in [6, 6.07) is 15.3. The van der Waals surface area contributed by atoms with Crippen molar-refractivity contribution < 1.29 is 19.4 Å². The first-order valence-electron chi connectivity index (χ1n) is 11.5. The van der Waals surface area contributed by atoms with Crippen molar-refractivity contribution in [1.29, 1.82) is 0 Å². The van der Waals surface area contributed by atoms with E-state index in [-0.39, 0.29) is 25.0 Å². The van der Waals surface area contributed by atoms with Gasteiger partial charge in [0.2, 0.25) is 0 Å². The number of hydrogen-bond acceptors (Lipinski definition) is 6. The van der Waals surface area contributed by atoms with E-state index in [1.54, 1.807) is 0 Å². The van der Waals surface area contributed by atoms with Crippen LogP contribution in [0.2, 0.25) is 0 Å². The molecule has 2 heterocycles. The highest BCUT2D eigenvalue weighted by Gasteiger charge is 2.42. The van der Waals surface area contributed by atoms with E-state index in [0.717, 1.165) is 35.5 Å². The summed E-state index contributed by atoms with van der Waals surface area (Å²) in [4.78, 5) is 32.7. The average molecular weight is 450 g/mol. The number of nitrogens with zero attached hydrogens (tertiary/aromatic N) is 3. The number of ether oxygens (including phenoxy) is 1. The maximum atomic E-state index is 13.6. The third-order valence-corrected chi connectivity index (χ3v) is 6.16. The van der Waals surface area contributed by atoms with Gasteiger partial charge in [0.1, 0.15) is 11.4 Å². The largest absolute Gasteiger partial charge is 0.494 e. The second-order valence-electron chi connectivity index (χ2n) is 8.42. The Morgan fingerprint density at radius 3 is 2.18 bits per heavy atom. The Bertz CT molecular complexity index is 1020. The Balaban J connectivity index is 1.65. The standard InChI is InChI=1S/C26H31N3O4/c1-3-33-22-10-8-21(9-11-22)23-24(28-14-12-27(13-15-28)16-17-30)26(32)29(25(23)31)18-20-6-4-19(2)5-7-20/h4-11,30H,3,12-18H2,1-2H3. The van der Waals surface area contributed by atoms with Gasteiger partial charge in [-0.1, -0.05) is 42.0 Å². The minimum absolute atomic E-state index is 0.113. The molecular weight excluding hydrogens is 418 g/mol. The van der Waals surface area contributed by atoms with Gasteiger partial charge >= 0.3 is 0 Å². The molecule has 2 aliphatic heterocycles. The van der Waals surface area contributed by atoms with Gasteiger partial charge in [-0.15, -0.1) is 0 Å². The summed E-state index contributed by atoms with van der Waals surface area (Å²) >= 11 is 0. The molecule has 0 atom stereocenters. The Morgan fingerprint density at radius 1 is 0.909 bits per heavy atom. The fourth-order valence-electron chi connectivity index (χ4n) is 4.36. The number of amides is 2. The van der Waals surface area contributed by atoms with Gasteiger partial charge in [-0.25, -0.2) is 0 Å². The number of aliphatic hydroxyl groups excluding tert-OH is 1. The molecule has 33 heavy (non-hydrogen) atoms. The highest BCUT2D eigenvalue weighted by Crippen LogP contribution is 2.34. The Morgan fingerprint density at radius 2 is 1.58 bits per heavy atom. The molecule has 0 aliphatic carbocycles. The van der Waals surface area contributed by atoms with Crippen LogP contribution in [0.3, 0.4) is 0 Å². The van der Waals surface area contributed by atoms with Crippen molar-refractivity contribution in [2.75, 3.05) is 45.9 Å². The molecule has 7 nitrogen and oxygen atoms in total. The number of rotatable bonds is 8. The number of piperazine rings is 1. The van der Waals surface area contributed by atoms with Crippen LogP contribution in [0.5, 0.6) is 5.75 Å². The summed E-state index contributed by atoms with van der Waals surface area (Å²) in [5.41, 5.74) is 3.69. The SMILES string of the molecule is CCOc1ccc(C2=C(N3CCN(CCO)CC3)C(=O)N(Cc3ccc(C)cc3)C2=O)cc1. The van der Waals surface area contributed by atoms with Crippen LogP contribution in [0.25, 0.3) is 5.57 Å². The van der Waals surface area contributed by atoms with E-state index in [1.165, 1.54) is 4.90 Å². The molecule has 0 unspecified atom stereocenters. The number of aryl methyl sites for hydroxylation is 1. The van der Waals surface area contributed by atoms with Crippen LogP contribution in [-0.2, 0) is 16.1 Å². The van der Waals surface area contributed by atoms with Crippen LogP contribution < -0.4 is 4.74 Å². The smallest absolute Gasteiger partial charge is 0.278 e. The van der Waals surface area contributed by atoms with E-state index < -0.39 is 0 Å². The quantitative estimate of drug-likeness (QED) is 0.624. The lowest BCUT2D eigenvalue weighted by Gasteiger charge is -2.36. The van der Waals surface area contributed by atoms with Gasteiger partial charge in [-0.05, 0) is 37.1 Å². The van der Waals surface area contributed by atoms with Crippen LogP contribution in [0.15, 0.2) is 54.2 Å². The van der Waals surface area contributed by atoms with Gasteiger partial charge in [0.15, 0.2) is 0 Å². The zero-order chi connectivity index (χ0) is 23.4. The molecule has 1 saturated heterocycles. The predicted molar refractivity (Wildman–Crippen MR) is 126 cm³/mol. The fraction of sp³-hybridized carbons (Fsp3) is 0.385. The third-order valence-electron chi connectivity index (χ3n) is 6.16. The molecule has 0 bridgehead atoms. The maximum absolute atomic E-state index is 13.6. The van der Waals surface area contributed by atoms with Gasteiger partial charge in [-0.2, -0.15) is 0 Å². The second-order valence-corrected chi connectivity index (χ2v) is 8.42. The predicted octanol–water partition coefficient (Wildman–Crippen LogP) is 2.28. The number of aliphatic hydroxyl groups is 1. The number of β-amino-alcohol motifs (C(OH)–C–C–N with tert-alkyl or cyclic N) is 1. The molecule has 1 fully saturated rings. The number of imide groups is 1. The molecule has 174 valence electrons. The average Bonchev–Trinajstić information content (AvgIpc) is 3.07. The molecular formula is C26H31N3O4. The van der Waals surface area contributed by atoms with Crippen molar-refractivity contribution in [3.05, 3.63) is 70.9 Å². The van der Waals surface area contributed by atoms with Gasteiger partial charge in [-0.3, -0.25) is 19.4 Å². The van der Waals surface area contributed by atoms with Crippen LogP contribution in [0.1, 0.15) is 23.6 Å². The van der Waals surface area contributed by atoms with Gasteiger partial charge in [0.05, 0.1) is 25.3 Å². The molecule has 4 rings (SSSR count). The molecule has 0 aromatic heterocycles. The zero-order valence-corrected chi connectivity index (χ0v) is 19.3. The van der Waals surface area contributed by atoms with Crippen LogP contribution in [-0.4, -0.2) is 77.6 Å². The topological polar surface area (TPSA) is 73.3 Å². The summed E-state index contributed by atoms with van der Waals surface area (Å²) in [6.45, 7) is 8.20. The summed E-state index contributed by atoms with van der Waals surface area (Å²) in [6.07, 6.45) is 0. The Hall–Kier alpha value is -3.16. The van der Waals surface area contributed by atoms with E-state index in [2.05, 4.69) is 4.90 Å². The van der Waals surface area contributed by atoms with Gasteiger partial charge in [0, 0.05) is 32.7 Å². The first kappa shape index (κ1) is 23.0. The molecule has 0 spiro atoms. The summed E-state index contributed by atoms with van der Waals surface area (Å²) in [5, 5.41) is 9.24.